The summed E-state index contributed by atoms with van der Waals surface area (Å²) in [6, 6.07) is 3.19. The summed E-state index contributed by atoms with van der Waals surface area (Å²) < 4.78 is 0. The normalized spacial score (nSPS) is 12.6. The number of aryl methyl sites for hydroxylation is 1. The van der Waals surface area contributed by atoms with Crippen molar-refractivity contribution < 1.29 is 9.59 Å². The molecule has 1 aliphatic heterocycles. The van der Waals surface area contributed by atoms with Gasteiger partial charge >= 0.3 is 6.03 Å². The second-order valence-electron chi connectivity index (χ2n) is 4.61. The molecule has 0 atom stereocenters. The maximum Gasteiger partial charge on any atom is 0.368 e. The molecule has 2 rings (SSSR count). The molecule has 0 saturated carbocycles. The number of benzene rings is 1. The Morgan fingerprint density at radius 1 is 1.26 bits per heavy atom. The van der Waals surface area contributed by atoms with Crippen LogP contribution in [-0.4, -0.2) is 11.9 Å². The highest BCUT2D eigenvalue weighted by molar-refractivity contribution is 5.90. The molecule has 0 radical (unpaired) electrons. The number of nitrogens with zero attached hydrogens (tertiary/aromatic N) is 2. The molecule has 1 aliphatic rings. The van der Waals surface area contributed by atoms with Crippen molar-refractivity contribution in [1.29, 1.82) is 0 Å². The zero-order valence-corrected chi connectivity index (χ0v) is 11.2. The molecule has 0 spiro atoms. The number of amides is 3. The number of hydrogen-bond acceptors (Lipinski definition) is 2. The van der Waals surface area contributed by atoms with Crippen LogP contribution in [0, 0.1) is 0 Å². The molecule has 0 aliphatic carbocycles. The van der Waals surface area contributed by atoms with Gasteiger partial charge in [-0.3, -0.25) is 4.79 Å². The van der Waals surface area contributed by atoms with Crippen molar-refractivity contribution in [3.63, 3.8) is 0 Å². The number of rotatable bonds is 5. The van der Waals surface area contributed by atoms with Crippen molar-refractivity contribution in [1.82, 2.24) is 0 Å². The third kappa shape index (κ3) is 3.05. The van der Waals surface area contributed by atoms with Crippen LogP contribution in [0.5, 0.6) is 0 Å². The van der Waals surface area contributed by atoms with E-state index in [0.29, 0.717) is 16.4 Å². The predicted molar refractivity (Wildman–Crippen MR) is 71.7 cm³/mol. The van der Waals surface area contributed by atoms with Crippen molar-refractivity contribution >= 4 is 17.6 Å². The standard InChI is InChI=1S/C14H17N3O2/c1-3-4-5-6-10-7-8-11-13(17-14(19)16-11)12(10)15-9(2)18/h7-8H,3-6H2,1-2H3,(H,15,18). The van der Waals surface area contributed by atoms with Gasteiger partial charge in [0, 0.05) is 6.92 Å². The van der Waals surface area contributed by atoms with Crippen LogP contribution in [0.3, 0.4) is 0 Å². The Morgan fingerprint density at radius 3 is 2.74 bits per heavy atom. The summed E-state index contributed by atoms with van der Waals surface area (Å²) in [7, 11) is 0. The van der Waals surface area contributed by atoms with Crippen LogP contribution in [0.15, 0.2) is 22.1 Å². The van der Waals surface area contributed by atoms with Gasteiger partial charge in [0.05, 0.1) is 11.0 Å². The maximum absolute atomic E-state index is 11.3. The van der Waals surface area contributed by atoms with Crippen molar-refractivity contribution in [3.8, 4) is 0 Å². The molecule has 1 aromatic rings. The first-order chi connectivity index (χ1) is 9.11. The lowest BCUT2D eigenvalue weighted by molar-refractivity contribution is -0.114. The minimum atomic E-state index is -0.507. The highest BCUT2D eigenvalue weighted by Crippen LogP contribution is 2.14. The lowest BCUT2D eigenvalue weighted by atomic mass is 10.0. The minimum Gasteiger partial charge on any atom is -0.324 e. The van der Waals surface area contributed by atoms with Gasteiger partial charge in [-0.05, 0) is 24.5 Å². The first kappa shape index (κ1) is 13.4. The highest BCUT2D eigenvalue weighted by atomic mass is 16.2. The molecule has 100 valence electrons. The van der Waals surface area contributed by atoms with Crippen molar-refractivity contribution in [3.05, 3.63) is 28.4 Å². The SMILES string of the molecule is CCCCCc1ccc2c(c1NC(C)=O)=NC(=O)N=2. The molecule has 5 heteroatoms. The molecule has 1 heterocycles. The van der Waals surface area contributed by atoms with Gasteiger partial charge in [-0.15, -0.1) is 0 Å². The zero-order valence-electron chi connectivity index (χ0n) is 11.2. The largest absolute Gasteiger partial charge is 0.368 e. The van der Waals surface area contributed by atoms with E-state index in [0.717, 1.165) is 31.2 Å². The zero-order chi connectivity index (χ0) is 13.8. The number of carbonyl (C=O) groups excluding carboxylic acids is 2. The number of hydrogen-bond donors (Lipinski definition) is 1. The van der Waals surface area contributed by atoms with E-state index in [-0.39, 0.29) is 5.91 Å². The Bertz CT molecular complexity index is 635. The molecule has 0 unspecified atom stereocenters. The Kier molecular flexibility index (Phi) is 4.04. The summed E-state index contributed by atoms with van der Waals surface area (Å²) in [5, 5.41) is 3.81. The maximum atomic E-state index is 11.3. The summed E-state index contributed by atoms with van der Waals surface area (Å²) in [5.74, 6) is -0.167. The summed E-state index contributed by atoms with van der Waals surface area (Å²) in [6.07, 6.45) is 4.18. The molecule has 0 bridgehead atoms. The lowest BCUT2D eigenvalue weighted by Crippen LogP contribution is -2.28. The van der Waals surface area contributed by atoms with Gasteiger partial charge in [-0.1, -0.05) is 25.8 Å². The van der Waals surface area contributed by atoms with Crippen LogP contribution in [0.2, 0.25) is 0 Å². The Morgan fingerprint density at radius 2 is 2.05 bits per heavy atom. The van der Waals surface area contributed by atoms with Crippen LogP contribution < -0.4 is 16.0 Å². The number of anilines is 1. The number of nitrogens with one attached hydrogen (secondary N) is 1. The van der Waals surface area contributed by atoms with Crippen LogP contribution in [0.1, 0.15) is 38.7 Å². The number of fused-ring (bicyclic) bond motifs is 1. The van der Waals surface area contributed by atoms with E-state index in [4.69, 9.17) is 0 Å². The lowest BCUT2D eigenvalue weighted by Gasteiger charge is -2.09. The highest BCUT2D eigenvalue weighted by Gasteiger charge is 2.13. The molecule has 1 aromatic carbocycles. The summed E-state index contributed by atoms with van der Waals surface area (Å²) >= 11 is 0. The molecule has 19 heavy (non-hydrogen) atoms. The number of carbonyl (C=O) groups is 2. The van der Waals surface area contributed by atoms with Gasteiger partial charge in [-0.25, -0.2) is 4.79 Å². The fraction of sp³-hybridized carbons (Fsp3) is 0.429. The predicted octanol–water partition coefficient (Wildman–Crippen LogP) is 1.75. The monoisotopic (exact) mass is 259 g/mol. The quantitative estimate of drug-likeness (QED) is 0.818. The van der Waals surface area contributed by atoms with Gasteiger partial charge in [-0.2, -0.15) is 9.98 Å². The van der Waals surface area contributed by atoms with Crippen LogP contribution >= 0.6 is 0 Å². The molecule has 3 amide bonds. The smallest absolute Gasteiger partial charge is 0.324 e. The van der Waals surface area contributed by atoms with Gasteiger partial charge < -0.3 is 5.32 Å². The van der Waals surface area contributed by atoms with Crippen LogP contribution in [0.25, 0.3) is 0 Å². The van der Waals surface area contributed by atoms with Crippen molar-refractivity contribution in [2.75, 3.05) is 5.32 Å². The van der Waals surface area contributed by atoms with E-state index in [1.54, 1.807) is 6.07 Å². The molecule has 0 saturated heterocycles. The fourth-order valence-corrected chi connectivity index (χ4v) is 2.14. The Hall–Kier alpha value is -2.04. The summed E-state index contributed by atoms with van der Waals surface area (Å²) in [6.45, 7) is 3.59. The average molecular weight is 259 g/mol. The first-order valence-electron chi connectivity index (χ1n) is 6.52. The van der Waals surface area contributed by atoms with E-state index in [2.05, 4.69) is 22.2 Å². The fourth-order valence-electron chi connectivity index (χ4n) is 2.14. The third-order valence-corrected chi connectivity index (χ3v) is 3.02. The van der Waals surface area contributed by atoms with E-state index in [1.807, 2.05) is 6.07 Å². The number of unbranched alkanes of at least 4 members (excludes halogenated alkanes) is 2. The van der Waals surface area contributed by atoms with Crippen LogP contribution in [-0.2, 0) is 11.2 Å². The topological polar surface area (TPSA) is 70.9 Å². The van der Waals surface area contributed by atoms with E-state index in [1.165, 1.54) is 6.92 Å². The molecular weight excluding hydrogens is 242 g/mol. The van der Waals surface area contributed by atoms with Gasteiger partial charge in [0.15, 0.2) is 0 Å². The third-order valence-electron chi connectivity index (χ3n) is 3.02. The minimum absolute atomic E-state index is 0.167. The molecule has 1 N–H and O–H groups in total. The van der Waals surface area contributed by atoms with Gasteiger partial charge in [0.2, 0.25) is 5.91 Å². The summed E-state index contributed by atoms with van der Waals surface area (Å²) in [5.41, 5.74) is 1.65. The molecule has 5 nitrogen and oxygen atoms in total. The Balaban J connectivity index is 2.42. The molecular formula is C14H17N3O2. The second-order valence-corrected chi connectivity index (χ2v) is 4.61. The molecule has 0 aromatic heterocycles. The molecule has 0 fully saturated rings. The van der Waals surface area contributed by atoms with E-state index < -0.39 is 6.03 Å². The summed E-state index contributed by atoms with van der Waals surface area (Å²) in [4.78, 5) is 30.2. The average Bonchev–Trinajstić information content (AvgIpc) is 2.72. The Labute approximate surface area is 111 Å². The van der Waals surface area contributed by atoms with Crippen LogP contribution in [0.4, 0.5) is 10.5 Å². The first-order valence-corrected chi connectivity index (χ1v) is 6.52. The van der Waals surface area contributed by atoms with Crippen molar-refractivity contribution in [2.24, 2.45) is 9.98 Å². The van der Waals surface area contributed by atoms with Crippen molar-refractivity contribution in [2.45, 2.75) is 39.5 Å². The van der Waals surface area contributed by atoms with E-state index in [9.17, 15) is 9.59 Å². The van der Waals surface area contributed by atoms with Gasteiger partial charge in [0.1, 0.15) is 5.36 Å². The van der Waals surface area contributed by atoms with E-state index >= 15 is 0 Å². The second kappa shape index (κ2) is 5.73. The number of urea groups is 1. The van der Waals surface area contributed by atoms with Gasteiger partial charge in [0.25, 0.3) is 0 Å².